The zero-order chi connectivity index (χ0) is 17.3. The number of carbonyl (C=O) groups is 2. The molecule has 0 aliphatic carbocycles. The summed E-state index contributed by atoms with van der Waals surface area (Å²) in [6, 6.07) is 14.4. The van der Waals surface area contributed by atoms with Crippen LogP contribution in [0.5, 0.6) is 0 Å². The summed E-state index contributed by atoms with van der Waals surface area (Å²) in [5.41, 5.74) is 4.06. The highest BCUT2D eigenvalue weighted by molar-refractivity contribution is 6.53. The molecule has 0 radical (unpaired) electrons. The Labute approximate surface area is 142 Å². The molecule has 3 heteroatoms. The standard InChI is InChI=1S/C21H21NO2/c1-13-10-15-17-16(11-13)21(4,14-8-6-5-7-9-14)12-20(2,3)22(17)19(24)18(15)23/h5-11H,12H2,1-4H3/t21-/m1/s1. The van der Waals surface area contributed by atoms with E-state index < -0.39 is 11.4 Å². The fourth-order valence-corrected chi connectivity index (χ4v) is 4.61. The van der Waals surface area contributed by atoms with Gasteiger partial charge in [0.1, 0.15) is 0 Å². The lowest BCUT2D eigenvalue weighted by molar-refractivity contribution is -0.115. The van der Waals surface area contributed by atoms with Crippen molar-refractivity contribution >= 4 is 17.4 Å². The average molecular weight is 319 g/mol. The van der Waals surface area contributed by atoms with Crippen LogP contribution in [0.25, 0.3) is 0 Å². The molecule has 2 aliphatic heterocycles. The van der Waals surface area contributed by atoms with Gasteiger partial charge in [0.05, 0.1) is 11.3 Å². The van der Waals surface area contributed by atoms with E-state index in [1.54, 1.807) is 4.90 Å². The maximum Gasteiger partial charge on any atom is 0.299 e. The first kappa shape index (κ1) is 15.1. The average Bonchev–Trinajstić information content (AvgIpc) is 2.79. The molecule has 0 aromatic heterocycles. The molecule has 2 aromatic rings. The van der Waals surface area contributed by atoms with Crippen molar-refractivity contribution in [3.63, 3.8) is 0 Å². The van der Waals surface area contributed by atoms with E-state index in [9.17, 15) is 9.59 Å². The summed E-state index contributed by atoms with van der Waals surface area (Å²) in [6.07, 6.45) is 0.777. The molecular formula is C21H21NO2. The van der Waals surface area contributed by atoms with E-state index >= 15 is 0 Å². The number of ketones is 1. The molecule has 2 aromatic carbocycles. The number of carbonyl (C=O) groups excluding carboxylic acids is 2. The van der Waals surface area contributed by atoms with Crippen LogP contribution in [0.3, 0.4) is 0 Å². The second-order valence-corrected chi connectivity index (χ2v) is 7.87. The van der Waals surface area contributed by atoms with Gasteiger partial charge in [-0.25, -0.2) is 0 Å². The summed E-state index contributed by atoms with van der Waals surface area (Å²) in [4.78, 5) is 26.9. The van der Waals surface area contributed by atoms with Gasteiger partial charge in [-0.15, -0.1) is 0 Å². The van der Waals surface area contributed by atoms with E-state index in [0.717, 1.165) is 23.2 Å². The van der Waals surface area contributed by atoms with Crippen LogP contribution in [-0.2, 0) is 10.2 Å². The number of amides is 1. The Kier molecular flexibility index (Phi) is 2.88. The molecule has 0 saturated carbocycles. The number of rotatable bonds is 1. The van der Waals surface area contributed by atoms with Gasteiger partial charge in [-0.05, 0) is 49.9 Å². The molecule has 122 valence electrons. The Hall–Kier alpha value is -2.42. The van der Waals surface area contributed by atoms with Crippen LogP contribution < -0.4 is 4.90 Å². The Bertz CT molecular complexity index is 882. The van der Waals surface area contributed by atoms with Crippen molar-refractivity contribution in [2.24, 2.45) is 0 Å². The minimum Gasteiger partial charge on any atom is -0.299 e. The molecule has 24 heavy (non-hydrogen) atoms. The summed E-state index contributed by atoms with van der Waals surface area (Å²) in [6.45, 7) is 8.32. The summed E-state index contributed by atoms with van der Waals surface area (Å²) < 4.78 is 0. The molecular weight excluding hydrogens is 298 g/mol. The Morgan fingerprint density at radius 3 is 2.33 bits per heavy atom. The van der Waals surface area contributed by atoms with Crippen LogP contribution in [0.4, 0.5) is 5.69 Å². The molecule has 0 fully saturated rings. The molecule has 2 aliphatic rings. The third-order valence-corrected chi connectivity index (χ3v) is 5.52. The van der Waals surface area contributed by atoms with E-state index in [4.69, 9.17) is 0 Å². The minimum absolute atomic E-state index is 0.234. The van der Waals surface area contributed by atoms with Gasteiger partial charge in [-0.2, -0.15) is 0 Å². The van der Waals surface area contributed by atoms with Crippen LogP contribution in [0.1, 0.15) is 54.2 Å². The predicted octanol–water partition coefficient (Wildman–Crippen LogP) is 4.01. The molecule has 0 N–H and O–H groups in total. The van der Waals surface area contributed by atoms with Gasteiger partial charge in [0, 0.05) is 11.0 Å². The van der Waals surface area contributed by atoms with Crippen molar-refractivity contribution in [1.82, 2.24) is 0 Å². The Morgan fingerprint density at radius 1 is 1.00 bits per heavy atom. The molecule has 0 spiro atoms. The zero-order valence-electron chi connectivity index (χ0n) is 14.5. The van der Waals surface area contributed by atoms with Crippen LogP contribution in [0.15, 0.2) is 42.5 Å². The maximum atomic E-state index is 12.6. The van der Waals surface area contributed by atoms with Crippen LogP contribution in [-0.4, -0.2) is 17.2 Å². The lowest BCUT2D eigenvalue weighted by Crippen LogP contribution is -2.54. The van der Waals surface area contributed by atoms with Gasteiger partial charge in [-0.1, -0.05) is 43.3 Å². The van der Waals surface area contributed by atoms with Crippen molar-refractivity contribution in [3.05, 3.63) is 64.7 Å². The fraction of sp³-hybridized carbons (Fsp3) is 0.333. The number of nitrogens with zero attached hydrogens (tertiary/aromatic N) is 1. The number of anilines is 1. The Balaban J connectivity index is 2.08. The lowest BCUT2D eigenvalue weighted by Gasteiger charge is -2.49. The van der Waals surface area contributed by atoms with Gasteiger partial charge in [-0.3, -0.25) is 14.5 Å². The second kappa shape index (κ2) is 4.56. The second-order valence-electron chi connectivity index (χ2n) is 7.87. The van der Waals surface area contributed by atoms with E-state index in [2.05, 4.69) is 39.0 Å². The number of hydrogen-bond donors (Lipinski definition) is 0. The number of Topliss-reactive ketones (excluding diaryl/α,β-unsaturated/α-hetero) is 1. The van der Waals surface area contributed by atoms with Crippen LogP contribution in [0, 0.1) is 6.92 Å². The number of benzene rings is 2. The zero-order valence-corrected chi connectivity index (χ0v) is 14.5. The predicted molar refractivity (Wildman–Crippen MR) is 94.6 cm³/mol. The van der Waals surface area contributed by atoms with E-state index in [-0.39, 0.29) is 11.2 Å². The highest BCUT2D eigenvalue weighted by atomic mass is 16.2. The van der Waals surface area contributed by atoms with Crippen molar-refractivity contribution in [1.29, 1.82) is 0 Å². The topological polar surface area (TPSA) is 37.4 Å². The first-order valence-electron chi connectivity index (χ1n) is 8.35. The third-order valence-electron chi connectivity index (χ3n) is 5.52. The van der Waals surface area contributed by atoms with Gasteiger partial charge >= 0.3 is 0 Å². The van der Waals surface area contributed by atoms with E-state index in [1.165, 1.54) is 5.56 Å². The van der Waals surface area contributed by atoms with Gasteiger partial charge in [0.25, 0.3) is 11.7 Å². The van der Waals surface area contributed by atoms with Gasteiger partial charge < -0.3 is 0 Å². The molecule has 0 bridgehead atoms. The monoisotopic (exact) mass is 319 g/mol. The summed E-state index contributed by atoms with van der Waals surface area (Å²) in [7, 11) is 0. The van der Waals surface area contributed by atoms with Crippen molar-refractivity contribution in [3.8, 4) is 0 Å². The number of hydrogen-bond acceptors (Lipinski definition) is 2. The molecule has 1 amide bonds. The highest BCUT2D eigenvalue weighted by Crippen LogP contribution is 2.54. The normalized spacial score (nSPS) is 24.2. The smallest absolute Gasteiger partial charge is 0.299 e. The minimum atomic E-state index is -0.412. The van der Waals surface area contributed by atoms with Crippen molar-refractivity contribution in [2.75, 3.05) is 4.90 Å². The summed E-state index contributed by atoms with van der Waals surface area (Å²) in [5.74, 6) is -0.766. The maximum absolute atomic E-state index is 12.6. The summed E-state index contributed by atoms with van der Waals surface area (Å²) >= 11 is 0. The first-order valence-corrected chi connectivity index (χ1v) is 8.35. The SMILES string of the molecule is Cc1cc2c3c(c1)[C@@](C)(c1ccccc1)CC(C)(C)N3C(=O)C2=O. The Morgan fingerprint density at radius 2 is 1.67 bits per heavy atom. The molecule has 0 unspecified atom stereocenters. The first-order chi connectivity index (χ1) is 11.3. The molecule has 0 saturated heterocycles. The molecule has 1 atom stereocenters. The fourth-order valence-electron chi connectivity index (χ4n) is 4.61. The van der Waals surface area contributed by atoms with E-state index in [1.807, 2.05) is 31.2 Å². The van der Waals surface area contributed by atoms with Gasteiger partial charge in [0.15, 0.2) is 0 Å². The lowest BCUT2D eigenvalue weighted by atomic mass is 9.65. The molecule has 4 rings (SSSR count). The van der Waals surface area contributed by atoms with Crippen LogP contribution in [0.2, 0.25) is 0 Å². The molecule has 3 nitrogen and oxygen atoms in total. The van der Waals surface area contributed by atoms with Gasteiger partial charge in [0.2, 0.25) is 0 Å². The van der Waals surface area contributed by atoms with Crippen LogP contribution >= 0.6 is 0 Å². The number of aryl methyl sites for hydroxylation is 1. The van der Waals surface area contributed by atoms with E-state index in [0.29, 0.717) is 5.56 Å². The summed E-state index contributed by atoms with van der Waals surface area (Å²) in [5, 5.41) is 0. The van der Waals surface area contributed by atoms with Crippen molar-refractivity contribution < 1.29 is 9.59 Å². The van der Waals surface area contributed by atoms with Crippen molar-refractivity contribution in [2.45, 2.75) is 45.1 Å². The molecule has 2 heterocycles. The quantitative estimate of drug-likeness (QED) is 0.745. The highest BCUT2D eigenvalue weighted by Gasteiger charge is 2.53. The largest absolute Gasteiger partial charge is 0.299 e. The third kappa shape index (κ3) is 1.78.